The molecule has 0 rings (SSSR count). The summed E-state index contributed by atoms with van der Waals surface area (Å²) in [6, 6.07) is 0. The van der Waals surface area contributed by atoms with Crippen molar-refractivity contribution in [3.05, 3.63) is 0 Å². The van der Waals surface area contributed by atoms with Crippen LogP contribution in [0.1, 0.15) is 47.5 Å². The van der Waals surface area contributed by atoms with Gasteiger partial charge in [0.05, 0.1) is 18.4 Å². The van der Waals surface area contributed by atoms with Crippen LogP contribution in [0.25, 0.3) is 0 Å². The van der Waals surface area contributed by atoms with Gasteiger partial charge in [0.25, 0.3) is 0 Å². The first-order valence-corrected chi connectivity index (χ1v) is 6.74. The van der Waals surface area contributed by atoms with Crippen molar-refractivity contribution in [3.8, 4) is 0 Å². The lowest BCUT2D eigenvalue weighted by Crippen LogP contribution is -2.27. The molecule has 0 fully saturated rings. The molecule has 0 amide bonds. The third kappa shape index (κ3) is 8.12. The molecule has 0 unspecified atom stereocenters. The maximum absolute atomic E-state index is 11.6. The highest BCUT2D eigenvalue weighted by Crippen LogP contribution is 2.21. The van der Waals surface area contributed by atoms with E-state index >= 15 is 0 Å². The molecular formula is C14H26O6. The Bertz CT molecular complexity index is 322. The van der Waals surface area contributed by atoms with E-state index in [2.05, 4.69) is 0 Å². The lowest BCUT2D eigenvalue weighted by atomic mass is 9.91. The minimum absolute atomic E-state index is 0.00393. The largest absolute Gasteiger partial charge is 0.481 e. The smallest absolute Gasteiger partial charge is 0.311 e. The van der Waals surface area contributed by atoms with Gasteiger partial charge >= 0.3 is 11.9 Å². The number of carbonyl (C=O) groups is 2. The number of rotatable bonds is 10. The van der Waals surface area contributed by atoms with E-state index < -0.39 is 16.8 Å². The first-order valence-electron chi connectivity index (χ1n) is 6.74. The fourth-order valence-electron chi connectivity index (χ4n) is 1.23. The number of ether oxygens (including phenoxy) is 1. The summed E-state index contributed by atoms with van der Waals surface area (Å²) >= 11 is 0. The van der Waals surface area contributed by atoms with Crippen molar-refractivity contribution in [2.75, 3.05) is 19.8 Å². The van der Waals surface area contributed by atoms with E-state index in [1.807, 2.05) is 20.8 Å². The maximum Gasteiger partial charge on any atom is 0.311 e. The zero-order chi connectivity index (χ0) is 15.8. The summed E-state index contributed by atoms with van der Waals surface area (Å²) in [6.45, 7) is 9.50. The fraction of sp³-hybridized carbons (Fsp3) is 0.857. The molecule has 0 heterocycles. The summed E-state index contributed by atoms with van der Waals surface area (Å²) in [5.41, 5.74) is -1.00. The Kier molecular flexibility index (Phi) is 7.75. The van der Waals surface area contributed by atoms with Crippen LogP contribution < -0.4 is 0 Å². The highest BCUT2D eigenvalue weighted by molar-refractivity contribution is 5.75. The Morgan fingerprint density at radius 2 is 1.65 bits per heavy atom. The summed E-state index contributed by atoms with van der Waals surface area (Å²) in [5.74, 6) is -1.15. The minimum atomic E-state index is -0.880. The first kappa shape index (κ1) is 18.9. The molecule has 0 aromatic heterocycles. The number of carboxylic acids is 1. The molecule has 118 valence electrons. The topological polar surface area (TPSA) is 82.1 Å². The zero-order valence-electron chi connectivity index (χ0n) is 13.0. The van der Waals surface area contributed by atoms with Gasteiger partial charge in [-0.25, -0.2) is 9.78 Å². The van der Waals surface area contributed by atoms with Crippen LogP contribution in [0.3, 0.4) is 0 Å². The molecule has 0 aliphatic carbocycles. The molecule has 20 heavy (non-hydrogen) atoms. The van der Waals surface area contributed by atoms with Gasteiger partial charge in [0.1, 0.15) is 13.2 Å². The van der Waals surface area contributed by atoms with E-state index in [4.69, 9.17) is 19.6 Å². The SMILES string of the molecule is CCC(C)(C)C(=O)OCCOOCC(C)(C)CC(=O)O. The van der Waals surface area contributed by atoms with Crippen molar-refractivity contribution in [1.29, 1.82) is 0 Å². The summed E-state index contributed by atoms with van der Waals surface area (Å²) in [5, 5.41) is 8.70. The third-order valence-corrected chi connectivity index (χ3v) is 3.00. The number of aliphatic carboxylic acids is 1. The molecule has 0 spiro atoms. The van der Waals surface area contributed by atoms with Gasteiger partial charge in [-0.1, -0.05) is 20.8 Å². The van der Waals surface area contributed by atoms with Gasteiger partial charge in [0.2, 0.25) is 0 Å². The molecule has 0 bridgehead atoms. The Hall–Kier alpha value is -1.14. The molecule has 0 aromatic carbocycles. The van der Waals surface area contributed by atoms with E-state index in [0.29, 0.717) is 6.42 Å². The number of hydrogen-bond acceptors (Lipinski definition) is 5. The second kappa shape index (κ2) is 8.21. The molecule has 1 N–H and O–H groups in total. The van der Waals surface area contributed by atoms with Crippen molar-refractivity contribution in [2.24, 2.45) is 10.8 Å². The number of carboxylic acid groups (broad SMARTS) is 1. The molecular weight excluding hydrogens is 264 g/mol. The van der Waals surface area contributed by atoms with Gasteiger partial charge in [-0.15, -0.1) is 0 Å². The molecule has 6 nitrogen and oxygen atoms in total. The van der Waals surface area contributed by atoms with E-state index in [0.717, 1.165) is 0 Å². The minimum Gasteiger partial charge on any atom is -0.481 e. The van der Waals surface area contributed by atoms with Crippen LogP contribution in [-0.4, -0.2) is 36.9 Å². The third-order valence-electron chi connectivity index (χ3n) is 3.00. The van der Waals surface area contributed by atoms with Gasteiger partial charge < -0.3 is 9.84 Å². The van der Waals surface area contributed by atoms with Gasteiger partial charge in [-0.3, -0.25) is 9.59 Å². The molecule has 0 saturated carbocycles. The highest BCUT2D eigenvalue weighted by Gasteiger charge is 2.27. The first-order chi connectivity index (χ1) is 9.10. The second-order valence-corrected chi connectivity index (χ2v) is 6.19. The van der Waals surface area contributed by atoms with Crippen LogP contribution >= 0.6 is 0 Å². The van der Waals surface area contributed by atoms with E-state index in [1.165, 1.54) is 0 Å². The molecule has 0 radical (unpaired) electrons. The quantitative estimate of drug-likeness (QED) is 0.288. The molecule has 0 aliphatic heterocycles. The molecule has 6 heteroatoms. The van der Waals surface area contributed by atoms with E-state index in [9.17, 15) is 9.59 Å². The van der Waals surface area contributed by atoms with Gasteiger partial charge in [-0.2, -0.15) is 0 Å². The molecule has 0 atom stereocenters. The van der Waals surface area contributed by atoms with Crippen LogP contribution in [-0.2, 0) is 24.1 Å². The summed E-state index contributed by atoms with van der Waals surface area (Å²) < 4.78 is 5.06. The van der Waals surface area contributed by atoms with Crippen molar-refractivity contribution in [2.45, 2.75) is 47.5 Å². The Morgan fingerprint density at radius 3 is 2.15 bits per heavy atom. The summed E-state index contributed by atoms with van der Waals surface area (Å²) in [7, 11) is 0. The van der Waals surface area contributed by atoms with Gasteiger partial charge in [0.15, 0.2) is 0 Å². The van der Waals surface area contributed by atoms with E-state index in [-0.39, 0.29) is 32.2 Å². The Morgan fingerprint density at radius 1 is 1.05 bits per heavy atom. The normalized spacial score (nSPS) is 12.2. The van der Waals surface area contributed by atoms with Crippen LogP contribution in [0.15, 0.2) is 0 Å². The second-order valence-electron chi connectivity index (χ2n) is 6.19. The van der Waals surface area contributed by atoms with Crippen LogP contribution in [0.4, 0.5) is 0 Å². The summed E-state index contributed by atoms with van der Waals surface area (Å²) in [4.78, 5) is 32.0. The molecule has 0 aromatic rings. The molecule has 0 saturated heterocycles. The van der Waals surface area contributed by atoms with Gasteiger partial charge in [-0.05, 0) is 20.3 Å². The van der Waals surface area contributed by atoms with Crippen LogP contribution in [0, 0.1) is 10.8 Å². The van der Waals surface area contributed by atoms with Crippen molar-refractivity contribution in [3.63, 3.8) is 0 Å². The van der Waals surface area contributed by atoms with Crippen molar-refractivity contribution in [1.82, 2.24) is 0 Å². The van der Waals surface area contributed by atoms with Crippen LogP contribution in [0.2, 0.25) is 0 Å². The Labute approximate surface area is 120 Å². The van der Waals surface area contributed by atoms with E-state index in [1.54, 1.807) is 13.8 Å². The predicted molar refractivity (Wildman–Crippen MR) is 73.0 cm³/mol. The number of hydrogen-bond donors (Lipinski definition) is 1. The predicted octanol–water partition coefficient (Wildman–Crippen LogP) is 2.41. The zero-order valence-corrected chi connectivity index (χ0v) is 13.0. The maximum atomic E-state index is 11.6. The van der Waals surface area contributed by atoms with Crippen molar-refractivity contribution >= 4 is 11.9 Å². The van der Waals surface area contributed by atoms with Gasteiger partial charge in [0, 0.05) is 5.41 Å². The average molecular weight is 290 g/mol. The monoisotopic (exact) mass is 290 g/mol. The van der Waals surface area contributed by atoms with Crippen LogP contribution in [0.5, 0.6) is 0 Å². The number of esters is 1. The fourth-order valence-corrected chi connectivity index (χ4v) is 1.23. The lowest BCUT2D eigenvalue weighted by Gasteiger charge is -2.21. The number of carbonyl (C=O) groups excluding carboxylic acids is 1. The lowest BCUT2D eigenvalue weighted by molar-refractivity contribution is -0.311. The Balaban J connectivity index is 3.73. The highest BCUT2D eigenvalue weighted by atomic mass is 17.2. The average Bonchev–Trinajstić information content (AvgIpc) is 2.31. The molecule has 0 aliphatic rings. The van der Waals surface area contributed by atoms with Crippen molar-refractivity contribution < 1.29 is 29.2 Å². The standard InChI is InChI=1S/C14H26O6/c1-6-14(4,5)12(17)18-7-8-19-20-10-13(2,3)9-11(15)16/h6-10H2,1-5H3,(H,15,16). The summed E-state index contributed by atoms with van der Waals surface area (Å²) in [6.07, 6.45) is 0.697.